The molecule has 0 saturated carbocycles. The highest BCUT2D eigenvalue weighted by molar-refractivity contribution is 5.81. The van der Waals surface area contributed by atoms with E-state index in [1.807, 2.05) is 0 Å². The molecule has 0 unspecified atom stereocenters. The number of carbonyl (C=O) groups is 1. The summed E-state index contributed by atoms with van der Waals surface area (Å²) in [6.07, 6.45) is 4.01. The molecule has 5 heterocycles. The largest absolute Gasteiger partial charge is 0.384 e. The molecule has 3 N–H and O–H groups in total. The van der Waals surface area contributed by atoms with Crippen LogP contribution in [0.3, 0.4) is 0 Å². The van der Waals surface area contributed by atoms with E-state index < -0.39 is 6.10 Å². The minimum Gasteiger partial charge on any atom is -0.384 e. The first-order valence-corrected chi connectivity index (χ1v) is 11.4. The molecule has 2 aromatic heterocycles. The van der Waals surface area contributed by atoms with Crippen molar-refractivity contribution in [1.29, 1.82) is 0 Å². The Morgan fingerprint density at radius 1 is 1.18 bits per heavy atom. The number of carbonyl (C=O) groups excluding carboxylic acids is 1. The maximum absolute atomic E-state index is 12.4. The molecule has 0 bridgehead atoms. The van der Waals surface area contributed by atoms with E-state index in [2.05, 4.69) is 26.7 Å². The molecule has 5 rings (SSSR count). The number of nitrogen functional groups attached to an aromatic ring is 1. The van der Waals surface area contributed by atoms with Crippen molar-refractivity contribution < 1.29 is 14.6 Å². The van der Waals surface area contributed by atoms with Gasteiger partial charge in [-0.3, -0.25) is 4.79 Å². The van der Waals surface area contributed by atoms with E-state index in [4.69, 9.17) is 20.4 Å². The van der Waals surface area contributed by atoms with E-state index in [1.165, 1.54) is 6.92 Å². The van der Waals surface area contributed by atoms with Gasteiger partial charge in [0.15, 0.2) is 0 Å². The predicted molar refractivity (Wildman–Crippen MR) is 123 cm³/mol. The lowest BCUT2D eigenvalue weighted by Crippen LogP contribution is -2.49. The van der Waals surface area contributed by atoms with Gasteiger partial charge in [-0.2, -0.15) is 4.98 Å². The molecule has 0 radical (unpaired) electrons. The van der Waals surface area contributed by atoms with Crippen LogP contribution in [0.2, 0.25) is 0 Å². The molecule has 176 valence electrons. The first kappa shape index (κ1) is 21.8. The number of nitrogens with two attached hydrogens (primary N) is 1. The summed E-state index contributed by atoms with van der Waals surface area (Å²) in [5.41, 5.74) is 8.12. The Hall–Kier alpha value is -3.05. The fourth-order valence-corrected chi connectivity index (χ4v) is 4.99. The number of rotatable bonds is 4. The number of amides is 1. The molecule has 3 aliphatic heterocycles. The SMILES string of the molecule is C[C@@H](O)C(=O)N1CC[C@@](C)(N2CCc3c(-c4cnc(N)nc4)nc(N4CCOCC4)nc32)C1. The second kappa shape index (κ2) is 8.38. The van der Waals surface area contributed by atoms with Crippen LogP contribution < -0.4 is 15.5 Å². The van der Waals surface area contributed by atoms with Gasteiger partial charge >= 0.3 is 0 Å². The number of hydrogen-bond acceptors (Lipinski definition) is 10. The molecule has 2 atom stereocenters. The van der Waals surface area contributed by atoms with E-state index >= 15 is 0 Å². The van der Waals surface area contributed by atoms with Gasteiger partial charge in [0.05, 0.1) is 24.4 Å². The summed E-state index contributed by atoms with van der Waals surface area (Å²) in [5, 5.41) is 9.78. The highest BCUT2D eigenvalue weighted by atomic mass is 16.5. The molecule has 0 aromatic carbocycles. The molecule has 3 aliphatic rings. The van der Waals surface area contributed by atoms with Gasteiger partial charge in [-0.25, -0.2) is 15.0 Å². The number of ether oxygens (including phenoxy) is 1. The van der Waals surface area contributed by atoms with Crippen molar-refractivity contribution in [3.63, 3.8) is 0 Å². The lowest BCUT2D eigenvalue weighted by atomic mass is 9.99. The number of likely N-dealkylation sites (tertiary alicyclic amines) is 1. The third kappa shape index (κ3) is 3.95. The quantitative estimate of drug-likeness (QED) is 0.654. The van der Waals surface area contributed by atoms with Gasteiger partial charge in [0.1, 0.15) is 11.9 Å². The predicted octanol–water partition coefficient (Wildman–Crippen LogP) is 0.0867. The smallest absolute Gasteiger partial charge is 0.251 e. The Morgan fingerprint density at radius 3 is 2.61 bits per heavy atom. The van der Waals surface area contributed by atoms with Crippen LogP contribution in [-0.4, -0.2) is 93.4 Å². The zero-order chi connectivity index (χ0) is 23.2. The number of aliphatic hydroxyl groups excluding tert-OH is 1. The number of fused-ring (bicyclic) bond motifs is 1. The lowest BCUT2D eigenvalue weighted by Gasteiger charge is -2.37. The Balaban J connectivity index is 1.54. The van der Waals surface area contributed by atoms with Crippen LogP contribution in [0, 0.1) is 0 Å². The molecule has 2 aromatic rings. The van der Waals surface area contributed by atoms with Gasteiger partial charge < -0.3 is 30.3 Å². The van der Waals surface area contributed by atoms with Crippen molar-refractivity contribution in [1.82, 2.24) is 24.8 Å². The Bertz CT molecular complexity index is 1040. The molecule has 33 heavy (non-hydrogen) atoms. The maximum atomic E-state index is 12.4. The van der Waals surface area contributed by atoms with Crippen LogP contribution in [-0.2, 0) is 16.0 Å². The van der Waals surface area contributed by atoms with E-state index in [0.29, 0.717) is 32.3 Å². The number of aromatic nitrogens is 4. The third-order valence-electron chi connectivity index (χ3n) is 6.83. The average Bonchev–Trinajstić information content (AvgIpc) is 3.44. The summed E-state index contributed by atoms with van der Waals surface area (Å²) in [5.74, 6) is 1.55. The standard InChI is InChI=1S/C22H30N8O3/c1-14(31)19(32)29-6-4-22(2,13-29)30-5-3-16-17(15-11-24-20(23)25-12-15)26-21(27-18(16)30)28-7-9-33-10-8-28/h11-12,14,31H,3-10,13H2,1-2H3,(H2,23,24,25)/t14-,22-/m1/s1. The van der Waals surface area contributed by atoms with Crippen molar-refractivity contribution in [2.75, 3.05) is 61.5 Å². The molecule has 2 saturated heterocycles. The van der Waals surface area contributed by atoms with Gasteiger partial charge in [-0.15, -0.1) is 0 Å². The zero-order valence-electron chi connectivity index (χ0n) is 19.1. The van der Waals surface area contributed by atoms with Crippen LogP contribution in [0.25, 0.3) is 11.3 Å². The van der Waals surface area contributed by atoms with E-state index in [0.717, 1.165) is 55.1 Å². The molecular formula is C22H30N8O3. The summed E-state index contributed by atoms with van der Waals surface area (Å²) in [6.45, 7) is 8.37. The zero-order valence-corrected chi connectivity index (χ0v) is 19.1. The second-order valence-corrected chi connectivity index (χ2v) is 9.19. The summed E-state index contributed by atoms with van der Waals surface area (Å²) in [6, 6.07) is 0. The molecule has 2 fully saturated rings. The average molecular weight is 455 g/mol. The van der Waals surface area contributed by atoms with Gasteiger partial charge in [-0.1, -0.05) is 0 Å². The van der Waals surface area contributed by atoms with Gasteiger partial charge in [-0.05, 0) is 26.7 Å². The van der Waals surface area contributed by atoms with Crippen molar-refractivity contribution >= 4 is 23.6 Å². The Morgan fingerprint density at radius 2 is 1.91 bits per heavy atom. The molecule has 11 heteroatoms. The van der Waals surface area contributed by atoms with Crippen LogP contribution in [0.4, 0.5) is 17.7 Å². The third-order valence-corrected chi connectivity index (χ3v) is 6.83. The number of morpholine rings is 1. The van der Waals surface area contributed by atoms with Crippen molar-refractivity contribution in [2.45, 2.75) is 38.3 Å². The maximum Gasteiger partial charge on any atom is 0.251 e. The van der Waals surface area contributed by atoms with Gasteiger partial charge in [0, 0.05) is 56.2 Å². The first-order chi connectivity index (χ1) is 15.9. The first-order valence-electron chi connectivity index (χ1n) is 11.4. The number of hydrogen-bond donors (Lipinski definition) is 2. The monoisotopic (exact) mass is 454 g/mol. The molecule has 0 spiro atoms. The highest BCUT2D eigenvalue weighted by Crippen LogP contribution is 2.41. The van der Waals surface area contributed by atoms with Gasteiger partial charge in [0.25, 0.3) is 5.91 Å². The van der Waals surface area contributed by atoms with E-state index in [-0.39, 0.29) is 17.4 Å². The number of anilines is 3. The van der Waals surface area contributed by atoms with Crippen molar-refractivity contribution in [3.05, 3.63) is 18.0 Å². The van der Waals surface area contributed by atoms with E-state index in [9.17, 15) is 9.90 Å². The minimum absolute atomic E-state index is 0.223. The summed E-state index contributed by atoms with van der Waals surface area (Å²) < 4.78 is 5.51. The lowest BCUT2D eigenvalue weighted by molar-refractivity contribution is -0.138. The van der Waals surface area contributed by atoms with Crippen LogP contribution in [0.15, 0.2) is 12.4 Å². The second-order valence-electron chi connectivity index (χ2n) is 9.19. The molecular weight excluding hydrogens is 424 g/mol. The fourth-order valence-electron chi connectivity index (χ4n) is 4.99. The summed E-state index contributed by atoms with van der Waals surface area (Å²) in [7, 11) is 0. The topological polar surface area (TPSA) is 134 Å². The Labute approximate surface area is 192 Å². The summed E-state index contributed by atoms with van der Waals surface area (Å²) in [4.78, 5) is 36.9. The van der Waals surface area contributed by atoms with Crippen molar-refractivity contribution in [3.8, 4) is 11.3 Å². The minimum atomic E-state index is -0.995. The van der Waals surface area contributed by atoms with Crippen LogP contribution >= 0.6 is 0 Å². The molecule has 11 nitrogen and oxygen atoms in total. The highest BCUT2D eigenvalue weighted by Gasteiger charge is 2.45. The summed E-state index contributed by atoms with van der Waals surface area (Å²) >= 11 is 0. The normalized spacial score (nSPS) is 23.7. The van der Waals surface area contributed by atoms with Crippen LogP contribution in [0.5, 0.6) is 0 Å². The van der Waals surface area contributed by atoms with Gasteiger partial charge in [0.2, 0.25) is 11.9 Å². The molecule has 0 aliphatic carbocycles. The van der Waals surface area contributed by atoms with Crippen molar-refractivity contribution in [2.24, 2.45) is 0 Å². The number of aliphatic hydroxyl groups is 1. The Kier molecular flexibility index (Phi) is 5.53. The molecule has 1 amide bonds. The van der Waals surface area contributed by atoms with E-state index in [1.54, 1.807) is 17.3 Å². The fraction of sp³-hybridized carbons (Fsp3) is 0.591. The van der Waals surface area contributed by atoms with Crippen LogP contribution in [0.1, 0.15) is 25.8 Å². The number of nitrogens with zero attached hydrogens (tertiary/aromatic N) is 7.